The third kappa shape index (κ3) is 2.91. The highest BCUT2D eigenvalue weighted by molar-refractivity contribution is 9.10. The summed E-state index contributed by atoms with van der Waals surface area (Å²) >= 11 is 9.31. The number of aromatic nitrogens is 2. The van der Waals surface area contributed by atoms with E-state index in [2.05, 4.69) is 26.1 Å². The van der Waals surface area contributed by atoms with Gasteiger partial charge >= 0.3 is 0 Å². The minimum atomic E-state index is -0.682. The molecule has 0 amide bonds. The Morgan fingerprint density at radius 3 is 2.94 bits per heavy atom. The first-order valence-corrected chi connectivity index (χ1v) is 6.76. The second kappa shape index (κ2) is 5.82. The van der Waals surface area contributed by atoms with E-state index in [0.29, 0.717) is 23.2 Å². The third-order valence-electron chi connectivity index (χ3n) is 2.47. The molecule has 2 rings (SSSR count). The van der Waals surface area contributed by atoms with Crippen LogP contribution < -0.4 is 0 Å². The lowest BCUT2D eigenvalue weighted by atomic mass is 10.2. The molecule has 1 aromatic heterocycles. The Balaban J connectivity index is 2.26. The first-order valence-electron chi connectivity index (χ1n) is 5.59. The molecule has 18 heavy (non-hydrogen) atoms. The van der Waals surface area contributed by atoms with Gasteiger partial charge in [-0.1, -0.05) is 30.1 Å². The Kier molecular flexibility index (Phi) is 4.37. The second-order valence-corrected chi connectivity index (χ2v) is 5.15. The van der Waals surface area contributed by atoms with Crippen molar-refractivity contribution >= 4 is 27.5 Å². The Bertz CT molecular complexity index is 545. The Hall–Kier alpha value is -0.910. The van der Waals surface area contributed by atoms with Crippen LogP contribution in [0.15, 0.2) is 27.2 Å². The molecule has 96 valence electrons. The van der Waals surface area contributed by atoms with Crippen molar-refractivity contribution in [3.05, 3.63) is 33.5 Å². The molecule has 0 saturated heterocycles. The van der Waals surface area contributed by atoms with Gasteiger partial charge < -0.3 is 9.63 Å². The van der Waals surface area contributed by atoms with Crippen molar-refractivity contribution in [3.8, 4) is 11.5 Å². The maximum atomic E-state index is 9.76. The number of hydrogen-bond donors (Lipinski definition) is 1. The molecule has 1 aromatic carbocycles. The molecule has 0 aliphatic heterocycles. The number of benzene rings is 1. The van der Waals surface area contributed by atoms with Crippen LogP contribution in [-0.4, -0.2) is 15.2 Å². The van der Waals surface area contributed by atoms with Crippen LogP contribution in [0.4, 0.5) is 0 Å². The Labute approximate surface area is 118 Å². The molecule has 1 atom stereocenters. The van der Waals surface area contributed by atoms with Gasteiger partial charge in [0.2, 0.25) is 5.82 Å². The lowest BCUT2D eigenvalue weighted by Gasteiger charge is -2.01. The van der Waals surface area contributed by atoms with Gasteiger partial charge in [-0.25, -0.2) is 0 Å². The van der Waals surface area contributed by atoms with Crippen LogP contribution in [0.5, 0.6) is 0 Å². The summed E-state index contributed by atoms with van der Waals surface area (Å²) in [7, 11) is 0. The average molecular weight is 332 g/mol. The summed E-state index contributed by atoms with van der Waals surface area (Å²) < 4.78 is 5.92. The molecule has 2 aromatic rings. The molecule has 1 heterocycles. The highest BCUT2D eigenvalue weighted by Crippen LogP contribution is 2.28. The normalized spacial score (nSPS) is 12.7. The van der Waals surface area contributed by atoms with Gasteiger partial charge in [0.15, 0.2) is 0 Å². The first-order chi connectivity index (χ1) is 8.61. The molecular formula is C12H12BrClN2O2. The lowest BCUT2D eigenvalue weighted by Crippen LogP contribution is -1.98. The largest absolute Gasteiger partial charge is 0.385 e. The molecule has 0 radical (unpaired) electrons. The number of hydrogen-bond acceptors (Lipinski definition) is 4. The predicted octanol–water partition coefficient (Wildman–Crippen LogP) is 3.99. The topological polar surface area (TPSA) is 59.2 Å². The van der Waals surface area contributed by atoms with Gasteiger partial charge in [-0.3, -0.25) is 0 Å². The quantitative estimate of drug-likeness (QED) is 0.920. The SMILES string of the molecule is CCCC(O)c1noc(-c2ccc(Br)c(Cl)c2)n1. The van der Waals surface area contributed by atoms with Gasteiger partial charge in [0.05, 0.1) is 5.02 Å². The average Bonchev–Trinajstić information content (AvgIpc) is 2.82. The minimum Gasteiger partial charge on any atom is -0.385 e. The number of aliphatic hydroxyl groups is 1. The fourth-order valence-electron chi connectivity index (χ4n) is 1.52. The number of aliphatic hydroxyl groups excluding tert-OH is 1. The molecule has 1 N–H and O–H groups in total. The van der Waals surface area contributed by atoms with Gasteiger partial charge in [-0.2, -0.15) is 4.98 Å². The van der Waals surface area contributed by atoms with E-state index in [-0.39, 0.29) is 0 Å². The van der Waals surface area contributed by atoms with Gasteiger partial charge in [0, 0.05) is 10.0 Å². The fourth-order valence-corrected chi connectivity index (χ4v) is 1.95. The minimum absolute atomic E-state index is 0.311. The van der Waals surface area contributed by atoms with Crippen LogP contribution in [0.25, 0.3) is 11.5 Å². The Morgan fingerprint density at radius 1 is 1.50 bits per heavy atom. The molecule has 4 nitrogen and oxygen atoms in total. The van der Waals surface area contributed by atoms with Gasteiger partial charge in [-0.05, 0) is 40.5 Å². The van der Waals surface area contributed by atoms with E-state index in [1.165, 1.54) is 0 Å². The standard InChI is InChI=1S/C12H12BrClN2O2/c1-2-3-10(17)11-15-12(18-16-11)7-4-5-8(13)9(14)6-7/h4-6,10,17H,2-3H2,1H3. The molecular weight excluding hydrogens is 320 g/mol. The van der Waals surface area contributed by atoms with Gasteiger partial charge in [0.1, 0.15) is 6.10 Å². The smallest absolute Gasteiger partial charge is 0.258 e. The fraction of sp³-hybridized carbons (Fsp3) is 0.333. The molecule has 0 bridgehead atoms. The zero-order valence-electron chi connectivity index (χ0n) is 9.73. The second-order valence-electron chi connectivity index (χ2n) is 3.89. The summed E-state index contributed by atoms with van der Waals surface area (Å²) in [6.45, 7) is 1.98. The zero-order chi connectivity index (χ0) is 13.1. The van der Waals surface area contributed by atoms with Crippen molar-refractivity contribution in [2.75, 3.05) is 0 Å². The summed E-state index contributed by atoms with van der Waals surface area (Å²) in [4.78, 5) is 4.17. The highest BCUT2D eigenvalue weighted by atomic mass is 79.9. The van der Waals surface area contributed by atoms with Crippen LogP contribution in [0.3, 0.4) is 0 Å². The van der Waals surface area contributed by atoms with Crippen molar-refractivity contribution in [3.63, 3.8) is 0 Å². The van der Waals surface area contributed by atoms with Crippen LogP contribution in [0, 0.1) is 0 Å². The first kappa shape index (κ1) is 13.5. The van der Waals surface area contributed by atoms with Crippen LogP contribution in [0.2, 0.25) is 5.02 Å². The van der Waals surface area contributed by atoms with Crippen LogP contribution in [0.1, 0.15) is 31.7 Å². The summed E-state index contributed by atoms with van der Waals surface area (Å²) in [6, 6.07) is 5.36. The van der Waals surface area contributed by atoms with E-state index in [4.69, 9.17) is 16.1 Å². The van der Waals surface area contributed by atoms with E-state index in [0.717, 1.165) is 16.5 Å². The summed E-state index contributed by atoms with van der Waals surface area (Å²) in [5.74, 6) is 0.667. The molecule has 0 aliphatic rings. The number of nitrogens with zero attached hydrogens (tertiary/aromatic N) is 2. The number of rotatable bonds is 4. The van der Waals surface area contributed by atoms with Crippen molar-refractivity contribution < 1.29 is 9.63 Å². The molecule has 0 aliphatic carbocycles. The molecule has 0 saturated carbocycles. The summed E-state index contributed by atoms with van der Waals surface area (Å²) in [6.07, 6.45) is 0.785. The Morgan fingerprint density at radius 2 is 2.28 bits per heavy atom. The van der Waals surface area contributed by atoms with E-state index in [1.54, 1.807) is 6.07 Å². The molecule has 0 fully saturated rings. The monoisotopic (exact) mass is 330 g/mol. The van der Waals surface area contributed by atoms with Crippen molar-refractivity contribution in [2.45, 2.75) is 25.9 Å². The van der Waals surface area contributed by atoms with E-state index >= 15 is 0 Å². The van der Waals surface area contributed by atoms with Crippen LogP contribution in [-0.2, 0) is 0 Å². The predicted molar refractivity (Wildman–Crippen MR) is 72.3 cm³/mol. The van der Waals surface area contributed by atoms with Gasteiger partial charge in [0.25, 0.3) is 5.89 Å². The van der Waals surface area contributed by atoms with E-state index in [1.807, 2.05) is 19.1 Å². The van der Waals surface area contributed by atoms with Crippen molar-refractivity contribution in [2.24, 2.45) is 0 Å². The number of halogens is 2. The maximum absolute atomic E-state index is 9.76. The molecule has 6 heteroatoms. The molecule has 1 unspecified atom stereocenters. The van der Waals surface area contributed by atoms with Crippen LogP contribution >= 0.6 is 27.5 Å². The summed E-state index contributed by atoms with van der Waals surface area (Å²) in [5.41, 5.74) is 0.727. The lowest BCUT2D eigenvalue weighted by molar-refractivity contribution is 0.153. The van der Waals surface area contributed by atoms with Crippen molar-refractivity contribution in [1.82, 2.24) is 10.1 Å². The van der Waals surface area contributed by atoms with Crippen molar-refractivity contribution in [1.29, 1.82) is 0 Å². The molecule has 0 spiro atoms. The van der Waals surface area contributed by atoms with Gasteiger partial charge in [-0.15, -0.1) is 0 Å². The third-order valence-corrected chi connectivity index (χ3v) is 3.70. The van der Waals surface area contributed by atoms with E-state index in [9.17, 15) is 5.11 Å². The highest BCUT2D eigenvalue weighted by Gasteiger charge is 2.16. The summed E-state index contributed by atoms with van der Waals surface area (Å²) in [5, 5.41) is 14.1. The maximum Gasteiger partial charge on any atom is 0.258 e. The zero-order valence-corrected chi connectivity index (χ0v) is 12.1. The van der Waals surface area contributed by atoms with E-state index < -0.39 is 6.10 Å².